The van der Waals surface area contributed by atoms with Crippen molar-refractivity contribution in [1.82, 2.24) is 0 Å². The van der Waals surface area contributed by atoms with Crippen LogP contribution < -0.4 is 0 Å². The van der Waals surface area contributed by atoms with E-state index in [1.807, 2.05) is 48.5 Å². The molecule has 0 spiro atoms. The van der Waals surface area contributed by atoms with Gasteiger partial charge in [0.15, 0.2) is 0 Å². The summed E-state index contributed by atoms with van der Waals surface area (Å²) in [5.74, 6) is 0. The van der Waals surface area contributed by atoms with Crippen LogP contribution in [0.4, 0.5) is 0 Å². The highest BCUT2D eigenvalue weighted by Gasteiger charge is 1.56. The summed E-state index contributed by atoms with van der Waals surface area (Å²) in [6.07, 6.45) is 4.39. The largest absolute Gasteiger partial charge is 0.106 e. The summed E-state index contributed by atoms with van der Waals surface area (Å²) < 4.78 is 0. The minimum atomic E-state index is 1.32. The van der Waals surface area contributed by atoms with E-state index in [1.54, 1.807) is 6.08 Å². The summed E-state index contributed by atoms with van der Waals surface area (Å²) in [7, 11) is 0. The zero-order valence-corrected chi connectivity index (χ0v) is 13.1. The molecule has 0 aliphatic heterocycles. The number of unbranched alkanes of at least 4 members (excludes halogenated alkanes) is 1. The van der Waals surface area contributed by atoms with E-state index in [0.29, 0.717) is 0 Å². The lowest BCUT2D eigenvalue weighted by Crippen LogP contribution is -1.47. The van der Waals surface area contributed by atoms with E-state index in [0.717, 1.165) is 0 Å². The predicted molar refractivity (Wildman–Crippen MR) is 81.8 cm³/mol. The molecular weight excluding hydrogens is 180 g/mol. The Balaban J connectivity index is -0.0000000168. The Morgan fingerprint density at radius 3 is 0.800 bits per heavy atom. The molecule has 0 radical (unpaired) electrons. The van der Waals surface area contributed by atoms with Crippen molar-refractivity contribution >= 4 is 0 Å². The fourth-order valence-corrected chi connectivity index (χ4v) is 0. The molecule has 0 bridgehead atoms. The first-order chi connectivity index (χ1) is 7.33. The second-order valence-electron chi connectivity index (χ2n) is 1.41. The van der Waals surface area contributed by atoms with Crippen LogP contribution in [0.3, 0.4) is 0 Å². The van der Waals surface area contributed by atoms with E-state index < -0.39 is 0 Å². The van der Waals surface area contributed by atoms with Crippen molar-refractivity contribution in [1.29, 1.82) is 0 Å². The van der Waals surface area contributed by atoms with Gasteiger partial charge in [0.25, 0.3) is 0 Å². The van der Waals surface area contributed by atoms with Gasteiger partial charge in [-0.1, -0.05) is 74.3 Å². The molecule has 0 aromatic carbocycles. The lowest BCUT2D eigenvalue weighted by molar-refractivity contribution is 0.886. The van der Waals surface area contributed by atoms with Crippen LogP contribution in [0.1, 0.15) is 75.2 Å². The van der Waals surface area contributed by atoms with Crippen molar-refractivity contribution in [2.75, 3.05) is 0 Å². The topological polar surface area (TPSA) is 0 Å². The van der Waals surface area contributed by atoms with E-state index in [4.69, 9.17) is 0 Å². The van der Waals surface area contributed by atoms with Crippen LogP contribution >= 0.6 is 0 Å². The molecule has 0 fully saturated rings. The third kappa shape index (κ3) is 7710. The summed E-state index contributed by atoms with van der Waals surface area (Å²) >= 11 is 0. The molecule has 0 aliphatic carbocycles. The average molecular weight is 218 g/mol. The highest BCUT2D eigenvalue weighted by Crippen LogP contribution is 1.76. The molecule has 0 saturated carbocycles. The van der Waals surface area contributed by atoms with Crippen molar-refractivity contribution < 1.29 is 0 Å². The fraction of sp³-hybridized carbons (Fsp3) is 0.733. The molecule has 0 saturated heterocycles. The second-order valence-corrected chi connectivity index (χ2v) is 1.41. The Kier molecular flexibility index (Phi) is 833. The van der Waals surface area contributed by atoms with Crippen LogP contribution in [0.25, 0.3) is 0 Å². The quantitative estimate of drug-likeness (QED) is 0.421. The molecule has 98 valence electrons. The van der Waals surface area contributed by atoms with Gasteiger partial charge in [0.05, 0.1) is 0 Å². The second kappa shape index (κ2) is 341. The molecular formula is C15H38. The molecule has 0 heterocycles. The van der Waals surface area contributed by atoms with Crippen LogP contribution in [0.15, 0.2) is 25.8 Å². The number of hydrogen-bond donors (Lipinski definition) is 0. The number of allylic oxidation sites excluding steroid dienone is 1. The molecule has 15 heavy (non-hydrogen) atoms. The maximum Gasteiger partial charge on any atom is -0.0473 e. The Bertz CT molecular complexity index is 27.0. The molecule has 0 N–H and O–H groups in total. The maximum absolute atomic E-state index is 3.36. The first kappa shape index (κ1) is 36.6. The van der Waals surface area contributed by atoms with Crippen LogP contribution in [-0.2, 0) is 0 Å². The maximum atomic E-state index is 3.36. The summed E-state index contributed by atoms with van der Waals surface area (Å²) in [6.45, 7) is 27.6. The van der Waals surface area contributed by atoms with Gasteiger partial charge in [-0.3, -0.25) is 0 Å². The van der Waals surface area contributed by atoms with Crippen molar-refractivity contribution in [3.05, 3.63) is 25.8 Å². The minimum absolute atomic E-state index is 1.32. The molecule has 0 aromatic heterocycles. The summed E-state index contributed by atoms with van der Waals surface area (Å²) in [5, 5.41) is 0. The Morgan fingerprint density at radius 2 is 0.800 bits per heavy atom. The highest BCUT2D eigenvalue weighted by molar-refractivity contribution is 4.51. The first-order valence-electron chi connectivity index (χ1n) is 6.40. The predicted octanol–water partition coefficient (Wildman–Crippen LogP) is 6.88. The minimum Gasteiger partial charge on any atom is -0.106 e. The average Bonchev–Trinajstić information content (AvgIpc) is 2.39. The first-order valence-corrected chi connectivity index (χ1v) is 6.40. The normalized spacial score (nSPS) is 4.33. The molecule has 0 aromatic rings. The molecule has 0 aliphatic rings. The van der Waals surface area contributed by atoms with Gasteiger partial charge in [0.2, 0.25) is 0 Å². The molecule has 0 heteroatoms. The van der Waals surface area contributed by atoms with Gasteiger partial charge in [0, 0.05) is 0 Å². The van der Waals surface area contributed by atoms with Gasteiger partial charge in [-0.05, 0) is 6.92 Å². The number of rotatable bonds is 1. The molecule has 0 amide bonds. The van der Waals surface area contributed by atoms with Gasteiger partial charge in [-0.25, -0.2) is 0 Å². The lowest BCUT2D eigenvalue weighted by Gasteiger charge is -1.68. The van der Waals surface area contributed by atoms with E-state index in [1.165, 1.54) is 12.8 Å². The van der Waals surface area contributed by atoms with Crippen LogP contribution in [-0.4, -0.2) is 0 Å². The van der Waals surface area contributed by atoms with Crippen molar-refractivity contribution in [2.24, 2.45) is 0 Å². The Labute approximate surface area is 101 Å². The number of hydrogen-bond acceptors (Lipinski definition) is 0. The van der Waals surface area contributed by atoms with Crippen LogP contribution in [0.2, 0.25) is 0 Å². The Hall–Kier alpha value is -0.520. The third-order valence-electron chi connectivity index (χ3n) is 0.500. The molecule has 0 rings (SSSR count). The Morgan fingerprint density at radius 1 is 0.733 bits per heavy atom. The van der Waals surface area contributed by atoms with Crippen molar-refractivity contribution in [3.63, 3.8) is 0 Å². The summed E-state index contributed by atoms with van der Waals surface area (Å²) in [4.78, 5) is 0. The van der Waals surface area contributed by atoms with E-state index in [-0.39, 0.29) is 0 Å². The van der Waals surface area contributed by atoms with Gasteiger partial charge >= 0.3 is 0 Å². The summed E-state index contributed by atoms with van der Waals surface area (Å²) in [6, 6.07) is 0. The van der Waals surface area contributed by atoms with E-state index >= 15 is 0 Å². The molecule has 0 atom stereocenters. The summed E-state index contributed by atoms with van der Waals surface area (Å²) in [5.41, 5.74) is 0. The van der Waals surface area contributed by atoms with Gasteiger partial charge in [-0.2, -0.15) is 0 Å². The van der Waals surface area contributed by atoms with Crippen molar-refractivity contribution in [2.45, 2.75) is 75.2 Å². The van der Waals surface area contributed by atoms with Gasteiger partial charge < -0.3 is 0 Å². The van der Waals surface area contributed by atoms with Crippen LogP contribution in [0.5, 0.6) is 0 Å². The van der Waals surface area contributed by atoms with Crippen LogP contribution in [0, 0.1) is 0 Å². The van der Waals surface area contributed by atoms with Gasteiger partial charge in [0.1, 0.15) is 0 Å². The lowest BCUT2D eigenvalue weighted by atomic mass is 10.4. The zero-order chi connectivity index (χ0) is 14.1. The van der Waals surface area contributed by atoms with Crippen molar-refractivity contribution in [3.8, 4) is 0 Å². The third-order valence-corrected chi connectivity index (χ3v) is 0.500. The highest BCUT2D eigenvalue weighted by atomic mass is 13.6. The van der Waals surface area contributed by atoms with E-state index in [9.17, 15) is 0 Å². The standard InChI is InChI=1S/C4H10.C3H6.3C2H6.C2H4/c1-3-4-2;1-3-2;4*1-2/h3-4H2,1-2H3;3H,1H2,2H3;3*1-2H3;1-2H2. The zero-order valence-electron chi connectivity index (χ0n) is 13.1. The van der Waals surface area contributed by atoms with E-state index in [2.05, 4.69) is 33.6 Å². The smallest absolute Gasteiger partial charge is 0.0473 e. The molecule has 0 nitrogen and oxygen atoms in total. The SMILES string of the molecule is C=C.C=CC.CC.CC.CC.CCCC. The molecule has 0 unspecified atom stereocenters. The van der Waals surface area contributed by atoms with Gasteiger partial charge in [-0.15, -0.1) is 19.7 Å². The fourth-order valence-electron chi connectivity index (χ4n) is 0. The monoisotopic (exact) mass is 218 g/mol.